The van der Waals surface area contributed by atoms with Crippen LogP contribution in [0.3, 0.4) is 0 Å². The molecule has 3 saturated heterocycles. The van der Waals surface area contributed by atoms with Crippen LogP contribution < -0.4 is 15.3 Å². The van der Waals surface area contributed by atoms with Gasteiger partial charge in [-0.25, -0.2) is 9.97 Å². The van der Waals surface area contributed by atoms with Crippen LogP contribution in [0.2, 0.25) is 0 Å². The number of nitro benzene ring substituents is 2. The SMILES string of the molecule is COC(COCCN1[C@H](C)CN(c2cc(-c3n[nH]c4ccc([N+](=O)[O-])cc34)ccn2)C[C@@H]1C)OC.COC(COCCN1[C@H](C)CN(c2cc(B3OC(C)(C)C(C)(C)O3)ccn2)C[C@@H]1C)OC.O=[N+]([O-])c1ccc2c(c1)C(Br)=NC2. The Labute approximate surface area is 477 Å². The number of nitro groups is 2. The molecular weight excluding hydrogens is 1100 g/mol. The third kappa shape index (κ3) is 15.3. The zero-order valence-electron chi connectivity index (χ0n) is 48.0. The molecule has 4 atom stereocenters. The highest BCUT2D eigenvalue weighted by Crippen LogP contribution is 2.37. The van der Waals surface area contributed by atoms with Crippen LogP contribution in [0.5, 0.6) is 0 Å². The lowest BCUT2D eigenvalue weighted by atomic mass is 9.79. The van der Waals surface area contributed by atoms with Gasteiger partial charge < -0.3 is 47.5 Å². The maximum absolute atomic E-state index is 11.2. The van der Waals surface area contributed by atoms with Gasteiger partial charge in [0.1, 0.15) is 22.0 Å². The molecule has 2 aromatic carbocycles. The van der Waals surface area contributed by atoms with Crippen molar-refractivity contribution in [2.45, 2.75) is 110 Å². The summed E-state index contributed by atoms with van der Waals surface area (Å²) in [6.45, 7) is 25.1. The molecule has 23 nitrogen and oxygen atoms in total. The second kappa shape index (κ2) is 27.9. The van der Waals surface area contributed by atoms with E-state index in [-0.39, 0.29) is 42.3 Å². The van der Waals surface area contributed by atoms with E-state index in [0.717, 1.165) is 78.6 Å². The van der Waals surface area contributed by atoms with Crippen LogP contribution in [0.25, 0.3) is 22.2 Å². The Morgan fingerprint density at radius 1 is 0.700 bits per heavy atom. The summed E-state index contributed by atoms with van der Waals surface area (Å²) < 4.78 is 45.3. The first kappa shape index (κ1) is 62.0. The number of nitrogens with one attached hydrogen (secondary N) is 1. The lowest BCUT2D eigenvalue weighted by molar-refractivity contribution is -0.385. The Balaban J connectivity index is 0.000000189. The molecule has 9 rings (SSSR count). The van der Waals surface area contributed by atoms with E-state index in [2.05, 4.69) is 122 Å². The second-order valence-electron chi connectivity index (χ2n) is 21.3. The number of rotatable bonds is 20. The van der Waals surface area contributed by atoms with Gasteiger partial charge in [-0.3, -0.25) is 40.1 Å². The van der Waals surface area contributed by atoms with Gasteiger partial charge in [0, 0.05) is 145 Å². The summed E-state index contributed by atoms with van der Waals surface area (Å²) in [6.07, 6.45) is 2.95. The van der Waals surface area contributed by atoms with Gasteiger partial charge in [-0.2, -0.15) is 5.10 Å². The molecule has 7 heterocycles. The molecule has 80 heavy (non-hydrogen) atoms. The number of ether oxygens (including phenoxy) is 6. The van der Waals surface area contributed by atoms with Gasteiger partial charge >= 0.3 is 7.12 Å². The van der Waals surface area contributed by atoms with E-state index in [9.17, 15) is 20.2 Å². The maximum atomic E-state index is 11.2. The maximum Gasteiger partial charge on any atom is 0.495 e. The smallest absolute Gasteiger partial charge is 0.399 e. The Hall–Kier alpha value is -5.58. The average molecular weight is 1180 g/mol. The van der Waals surface area contributed by atoms with Crippen molar-refractivity contribution in [3.63, 3.8) is 0 Å². The highest BCUT2D eigenvalue weighted by molar-refractivity contribution is 9.18. The zero-order chi connectivity index (χ0) is 57.9. The molecule has 0 spiro atoms. The Morgan fingerprint density at radius 3 is 1.70 bits per heavy atom. The quantitative estimate of drug-likeness (QED) is 0.0266. The summed E-state index contributed by atoms with van der Waals surface area (Å²) in [7, 11) is 6.07. The number of methoxy groups -OCH3 is 4. The number of aromatic nitrogens is 4. The minimum absolute atomic E-state index is 0.0390. The molecule has 0 unspecified atom stereocenters. The third-order valence-electron chi connectivity index (χ3n) is 15.4. The molecule has 0 bridgehead atoms. The van der Waals surface area contributed by atoms with Gasteiger partial charge in [-0.05, 0) is 119 Å². The lowest BCUT2D eigenvalue weighted by Crippen LogP contribution is -2.57. The first-order valence-electron chi connectivity index (χ1n) is 26.8. The minimum atomic E-state index is -0.404. The van der Waals surface area contributed by atoms with Gasteiger partial charge in [-0.15, -0.1) is 0 Å². The van der Waals surface area contributed by atoms with Crippen molar-refractivity contribution < 1.29 is 47.6 Å². The first-order valence-corrected chi connectivity index (χ1v) is 27.6. The number of anilines is 2. The number of aromatic amines is 1. The second-order valence-corrected chi connectivity index (χ2v) is 22.1. The van der Waals surface area contributed by atoms with Gasteiger partial charge in [0.15, 0.2) is 12.6 Å². The summed E-state index contributed by atoms with van der Waals surface area (Å²) in [5.74, 6) is 1.83. The summed E-state index contributed by atoms with van der Waals surface area (Å²) >= 11 is 3.25. The standard InChI is InChI=1S/C24H32N6O5.C23H40BN3O5.C8H5BrN2O2/c1-16-13-28(14-17(2)29(16)9-10-35-15-23(33-3)34-4)22-11-18(7-8-25-22)24-20-12-19(30(31)32)5-6-21(20)26-27-24;1-17-14-26(15-18(2)27(17)11-12-30-16-21(28-7)29-8)20-13-19(9-10-25-20)24-31-22(3,4)23(5,6)32-24;9-8-7-3-6(11(12)13)2-1-5(7)4-10-8/h5-8,11-12,16-17,23H,9-10,13-15H2,1-4H3,(H,26,27);9-10,13,17-18,21H,11-12,14-16H2,1-8H3;1-3H,4H2/t16-,17+;17-,18+;. The summed E-state index contributed by atoms with van der Waals surface area (Å²) in [4.78, 5) is 43.8. The van der Waals surface area contributed by atoms with Crippen LogP contribution in [0.1, 0.15) is 66.5 Å². The largest absolute Gasteiger partial charge is 0.495 e. The van der Waals surface area contributed by atoms with Crippen LogP contribution in [0.15, 0.2) is 78.0 Å². The fourth-order valence-corrected chi connectivity index (χ4v) is 10.7. The molecule has 3 fully saturated rings. The van der Waals surface area contributed by atoms with Gasteiger partial charge in [-0.1, -0.05) is 0 Å². The van der Waals surface area contributed by atoms with Crippen molar-refractivity contribution >= 4 is 67.0 Å². The Kier molecular flexibility index (Phi) is 21.7. The molecule has 0 radical (unpaired) electrons. The fraction of sp³-hybridized carbons (Fsp3) is 0.564. The van der Waals surface area contributed by atoms with E-state index >= 15 is 0 Å². The topological polar surface area (TPSA) is 240 Å². The van der Waals surface area contributed by atoms with Crippen molar-refractivity contribution in [3.05, 3.63) is 104 Å². The van der Waals surface area contributed by atoms with E-state index in [1.807, 2.05) is 24.4 Å². The average Bonchev–Trinajstić information content (AvgIpc) is 4.15. The molecule has 5 aromatic rings. The summed E-state index contributed by atoms with van der Waals surface area (Å²) in [6, 6.07) is 18.8. The molecule has 0 saturated carbocycles. The predicted octanol–water partition coefficient (Wildman–Crippen LogP) is 7.23. The number of fused-ring (bicyclic) bond motifs is 2. The monoisotopic (exact) mass is 1170 g/mol. The van der Waals surface area contributed by atoms with E-state index in [1.165, 1.54) is 18.2 Å². The predicted molar refractivity (Wildman–Crippen MR) is 311 cm³/mol. The Morgan fingerprint density at radius 2 is 1.19 bits per heavy atom. The summed E-state index contributed by atoms with van der Waals surface area (Å²) in [5.41, 5.74) is 4.59. The number of piperazine rings is 2. The number of hydrogen-bond acceptors (Lipinski definition) is 20. The Bertz CT molecular complexity index is 2850. The van der Waals surface area contributed by atoms with Crippen molar-refractivity contribution in [1.82, 2.24) is 30.0 Å². The molecule has 0 aliphatic carbocycles. The number of halogens is 1. The molecule has 4 aliphatic heterocycles. The van der Waals surface area contributed by atoms with Crippen LogP contribution in [0.4, 0.5) is 23.0 Å². The van der Waals surface area contributed by atoms with Crippen molar-refractivity contribution in [2.24, 2.45) is 4.99 Å². The molecule has 4 aliphatic rings. The number of benzene rings is 2. The minimum Gasteiger partial charge on any atom is -0.399 e. The lowest BCUT2D eigenvalue weighted by Gasteiger charge is -2.45. The molecular formula is C55H77BBrN11O12. The number of nitrogens with zero attached hydrogens (tertiary/aromatic N) is 10. The van der Waals surface area contributed by atoms with Crippen molar-refractivity contribution in [3.8, 4) is 11.3 Å². The highest BCUT2D eigenvalue weighted by Gasteiger charge is 2.52. The van der Waals surface area contributed by atoms with Gasteiger partial charge in [0.05, 0.1) is 59.5 Å². The van der Waals surface area contributed by atoms with E-state index < -0.39 is 9.85 Å². The van der Waals surface area contributed by atoms with E-state index in [0.29, 0.717) is 72.8 Å². The number of pyridine rings is 2. The third-order valence-corrected chi connectivity index (χ3v) is 16.1. The van der Waals surface area contributed by atoms with Crippen LogP contribution in [-0.2, 0) is 44.3 Å². The first-order chi connectivity index (χ1) is 38.2. The number of H-pyrrole nitrogens is 1. The number of aliphatic imine (C=N–C) groups is 1. The van der Waals surface area contributed by atoms with E-state index in [4.69, 9.17) is 37.7 Å². The van der Waals surface area contributed by atoms with Gasteiger partial charge in [0.2, 0.25) is 0 Å². The highest BCUT2D eigenvalue weighted by atomic mass is 79.9. The van der Waals surface area contributed by atoms with Gasteiger partial charge in [0.25, 0.3) is 11.4 Å². The van der Waals surface area contributed by atoms with Crippen molar-refractivity contribution in [2.75, 3.05) is 104 Å². The molecule has 3 aromatic heterocycles. The zero-order valence-corrected chi connectivity index (χ0v) is 49.6. The molecule has 434 valence electrons. The fourth-order valence-electron chi connectivity index (χ4n) is 10.2. The molecule has 0 amide bonds. The van der Waals surface area contributed by atoms with E-state index in [1.54, 1.807) is 52.8 Å². The molecule has 25 heteroatoms. The normalized spacial score (nSPS) is 20.8. The number of non-ortho nitro benzene ring substituents is 2. The van der Waals surface area contributed by atoms with Crippen LogP contribution in [-0.4, -0.2) is 194 Å². The number of hydrogen-bond donors (Lipinski definition) is 1. The van der Waals surface area contributed by atoms with Crippen molar-refractivity contribution in [1.29, 1.82) is 0 Å². The summed E-state index contributed by atoms with van der Waals surface area (Å²) in [5, 5.41) is 29.8. The molecule has 1 N–H and O–H groups in total. The van der Waals surface area contributed by atoms with Crippen LogP contribution >= 0.6 is 15.9 Å². The van der Waals surface area contributed by atoms with Crippen LogP contribution in [0, 0.1) is 20.2 Å².